The van der Waals surface area contributed by atoms with Gasteiger partial charge in [-0.25, -0.2) is 18.4 Å². The van der Waals surface area contributed by atoms with Gasteiger partial charge < -0.3 is 19.4 Å². The van der Waals surface area contributed by atoms with Crippen LogP contribution in [0.25, 0.3) is 10.9 Å². The molecule has 33 heavy (non-hydrogen) atoms. The average Bonchev–Trinajstić information content (AvgIpc) is 3.52. The molecule has 1 aromatic heterocycles. The molecule has 9 heteroatoms. The van der Waals surface area contributed by atoms with Gasteiger partial charge in [0.05, 0.1) is 29.1 Å². The lowest BCUT2D eigenvalue weighted by Crippen LogP contribution is -2.37. The van der Waals surface area contributed by atoms with Crippen molar-refractivity contribution in [1.82, 2.24) is 9.88 Å². The smallest absolute Gasteiger partial charge is 0.408 e. The zero-order valence-electron chi connectivity index (χ0n) is 19.2. The number of carbonyl (C=O) groups is 2. The summed E-state index contributed by atoms with van der Waals surface area (Å²) in [6.45, 7) is 8.31. The summed E-state index contributed by atoms with van der Waals surface area (Å²) in [7, 11) is 0. The molecule has 176 valence electrons. The predicted octanol–water partition coefficient (Wildman–Crippen LogP) is 4.06. The van der Waals surface area contributed by atoms with E-state index in [0.717, 1.165) is 18.9 Å². The number of alkyl carbamates (subject to hydrolysis) is 1. The van der Waals surface area contributed by atoms with Crippen molar-refractivity contribution in [1.29, 1.82) is 0 Å². The topological polar surface area (TPSA) is 86.6 Å². The lowest BCUT2D eigenvalue weighted by atomic mass is 10.1. The van der Waals surface area contributed by atoms with Crippen molar-refractivity contribution in [2.24, 2.45) is 0 Å². The molecule has 0 spiro atoms. The van der Waals surface area contributed by atoms with E-state index in [4.69, 9.17) is 9.47 Å². The highest BCUT2D eigenvalue weighted by atomic mass is 19.1. The third-order valence-electron chi connectivity index (χ3n) is 4.79. The van der Waals surface area contributed by atoms with Crippen LogP contribution in [-0.4, -0.2) is 34.9 Å². The van der Waals surface area contributed by atoms with Gasteiger partial charge in [-0.15, -0.1) is 0 Å². The molecule has 1 unspecified atom stereocenters. The van der Waals surface area contributed by atoms with Crippen LogP contribution in [0.2, 0.25) is 0 Å². The second-order valence-corrected chi connectivity index (χ2v) is 8.81. The van der Waals surface area contributed by atoms with Crippen LogP contribution in [0.1, 0.15) is 69.4 Å². The van der Waals surface area contributed by atoms with Crippen LogP contribution in [0, 0.1) is 23.5 Å². The zero-order chi connectivity index (χ0) is 24.5. The SMILES string of the molecule is CCOC(=O)c1cn(C2CC2)c2c(F)c(C#CC(C)NC(=O)OC(C)(C)C)c(F)cc2c1=O. The number of esters is 1. The molecule has 0 radical (unpaired) electrons. The first-order valence-electron chi connectivity index (χ1n) is 10.7. The van der Waals surface area contributed by atoms with E-state index < -0.39 is 46.3 Å². The maximum atomic E-state index is 15.4. The molecule has 1 aromatic carbocycles. The van der Waals surface area contributed by atoms with Gasteiger partial charge >= 0.3 is 12.1 Å². The molecule has 1 saturated carbocycles. The molecule has 1 amide bonds. The van der Waals surface area contributed by atoms with Gasteiger partial charge in [0.2, 0.25) is 5.43 Å². The first-order chi connectivity index (χ1) is 15.4. The molecule has 1 aliphatic rings. The van der Waals surface area contributed by atoms with E-state index in [2.05, 4.69) is 17.2 Å². The van der Waals surface area contributed by atoms with Crippen LogP contribution in [0.3, 0.4) is 0 Å². The molecule has 0 aliphatic heterocycles. The molecule has 3 rings (SSSR count). The number of pyridine rings is 1. The summed E-state index contributed by atoms with van der Waals surface area (Å²) in [5, 5.41) is 2.22. The Bertz CT molecular complexity index is 1230. The molecule has 1 fully saturated rings. The number of hydrogen-bond acceptors (Lipinski definition) is 5. The fourth-order valence-corrected chi connectivity index (χ4v) is 3.25. The maximum absolute atomic E-state index is 15.4. The number of hydrogen-bond donors (Lipinski definition) is 1. The van der Waals surface area contributed by atoms with Crippen molar-refractivity contribution in [2.45, 2.75) is 65.1 Å². The summed E-state index contributed by atoms with van der Waals surface area (Å²) in [5.74, 6) is 2.13. The van der Waals surface area contributed by atoms with Crippen LogP contribution in [0.4, 0.5) is 13.6 Å². The number of nitrogens with one attached hydrogen (secondary N) is 1. The quantitative estimate of drug-likeness (QED) is 0.549. The van der Waals surface area contributed by atoms with E-state index in [1.54, 1.807) is 34.6 Å². The highest BCUT2D eigenvalue weighted by Gasteiger charge is 2.30. The molecule has 1 heterocycles. The highest BCUT2D eigenvalue weighted by molar-refractivity contribution is 5.94. The van der Waals surface area contributed by atoms with Gasteiger partial charge in [-0.1, -0.05) is 11.8 Å². The lowest BCUT2D eigenvalue weighted by Gasteiger charge is -2.20. The third-order valence-corrected chi connectivity index (χ3v) is 4.79. The molecule has 7 nitrogen and oxygen atoms in total. The number of nitrogens with zero attached hydrogens (tertiary/aromatic N) is 1. The monoisotopic (exact) mass is 460 g/mol. The van der Waals surface area contributed by atoms with Crippen LogP contribution in [0.15, 0.2) is 17.1 Å². The van der Waals surface area contributed by atoms with Gasteiger partial charge in [-0.3, -0.25) is 4.79 Å². The number of fused-ring (bicyclic) bond motifs is 1. The van der Waals surface area contributed by atoms with Gasteiger partial charge in [-0.05, 0) is 53.5 Å². The zero-order valence-corrected chi connectivity index (χ0v) is 19.2. The number of rotatable bonds is 4. The second-order valence-electron chi connectivity index (χ2n) is 8.81. The Morgan fingerprint density at radius 1 is 1.30 bits per heavy atom. The van der Waals surface area contributed by atoms with Gasteiger partial charge in [0, 0.05) is 12.2 Å². The Morgan fingerprint density at radius 3 is 2.55 bits per heavy atom. The highest BCUT2D eigenvalue weighted by Crippen LogP contribution is 2.38. The van der Waals surface area contributed by atoms with Crippen LogP contribution in [-0.2, 0) is 9.47 Å². The molecule has 0 bridgehead atoms. The minimum atomic E-state index is -1.04. The van der Waals surface area contributed by atoms with Gasteiger partial charge in [0.25, 0.3) is 0 Å². The molecular weight excluding hydrogens is 434 g/mol. The van der Waals surface area contributed by atoms with Crippen molar-refractivity contribution in [3.05, 3.63) is 45.2 Å². The van der Waals surface area contributed by atoms with Crippen LogP contribution in [0.5, 0.6) is 0 Å². The number of aromatic nitrogens is 1. The van der Waals surface area contributed by atoms with E-state index in [0.29, 0.717) is 0 Å². The van der Waals surface area contributed by atoms with Crippen molar-refractivity contribution in [2.75, 3.05) is 6.61 Å². The van der Waals surface area contributed by atoms with E-state index in [9.17, 15) is 18.8 Å². The minimum Gasteiger partial charge on any atom is -0.462 e. The molecule has 1 atom stereocenters. The number of amides is 1. The summed E-state index contributed by atoms with van der Waals surface area (Å²) < 4.78 is 41.8. The fraction of sp³-hybridized carbons (Fsp3) is 0.458. The first kappa shape index (κ1) is 24.2. The largest absolute Gasteiger partial charge is 0.462 e. The first-order valence-corrected chi connectivity index (χ1v) is 10.7. The summed E-state index contributed by atoms with van der Waals surface area (Å²) in [4.78, 5) is 36.9. The van der Waals surface area contributed by atoms with Gasteiger partial charge in [-0.2, -0.15) is 0 Å². The van der Waals surface area contributed by atoms with Crippen molar-refractivity contribution >= 4 is 23.0 Å². The maximum Gasteiger partial charge on any atom is 0.408 e. The standard InChI is InChI=1S/C24H26F2N2O5/c1-6-32-22(30)17-12-28(14-8-9-14)20-16(21(17)29)11-18(25)15(19(20)26)10-7-13(2)27-23(31)33-24(3,4)5/h11-14H,6,8-9H2,1-5H3,(H,27,31). The minimum absolute atomic E-state index is 0.0620. The summed E-state index contributed by atoms with van der Waals surface area (Å²) >= 11 is 0. The van der Waals surface area contributed by atoms with Crippen LogP contribution >= 0.6 is 0 Å². The number of ether oxygens (including phenoxy) is 2. The van der Waals surface area contributed by atoms with Crippen molar-refractivity contribution < 1.29 is 27.8 Å². The Kier molecular flexibility index (Phi) is 6.77. The van der Waals surface area contributed by atoms with E-state index >= 15 is 4.39 Å². The number of carbonyl (C=O) groups excluding carboxylic acids is 2. The Labute approximate surface area is 190 Å². The summed E-state index contributed by atoms with van der Waals surface area (Å²) in [6.07, 6.45) is 2.02. The molecule has 0 saturated heterocycles. The average molecular weight is 460 g/mol. The second kappa shape index (κ2) is 9.22. The third kappa shape index (κ3) is 5.51. The number of halogens is 2. The normalized spacial score (nSPS) is 14.3. The molecule has 2 aromatic rings. The van der Waals surface area contributed by atoms with Crippen molar-refractivity contribution in [3.63, 3.8) is 0 Å². The van der Waals surface area contributed by atoms with Crippen LogP contribution < -0.4 is 10.7 Å². The molecule has 1 aliphatic carbocycles. The van der Waals surface area contributed by atoms with E-state index in [-0.39, 0.29) is 29.1 Å². The Morgan fingerprint density at radius 2 is 1.97 bits per heavy atom. The molecule has 1 N–H and O–H groups in total. The fourth-order valence-electron chi connectivity index (χ4n) is 3.25. The Balaban J connectivity index is 2.04. The predicted molar refractivity (Wildman–Crippen MR) is 118 cm³/mol. The van der Waals surface area contributed by atoms with E-state index in [1.165, 1.54) is 10.8 Å². The van der Waals surface area contributed by atoms with Gasteiger partial charge in [0.15, 0.2) is 5.82 Å². The summed E-state index contributed by atoms with van der Waals surface area (Å²) in [6, 6.07) is 0.0131. The Hall–Kier alpha value is -3.41. The van der Waals surface area contributed by atoms with Gasteiger partial charge in [0.1, 0.15) is 17.0 Å². The van der Waals surface area contributed by atoms with E-state index in [1.807, 2.05) is 0 Å². The summed E-state index contributed by atoms with van der Waals surface area (Å²) in [5.41, 5.74) is -2.43. The van der Waals surface area contributed by atoms with Crippen molar-refractivity contribution in [3.8, 4) is 11.8 Å². The number of benzene rings is 1. The molecular formula is C24H26F2N2O5. The lowest BCUT2D eigenvalue weighted by molar-refractivity contribution is 0.0511.